The Hall–Kier alpha value is -4.39. The van der Waals surface area contributed by atoms with Crippen molar-refractivity contribution in [2.24, 2.45) is 21.1 Å². The fraction of sp³-hybridized carbons (Fsp3) is 0.115. The third kappa shape index (κ3) is 2.86. The van der Waals surface area contributed by atoms with Crippen molar-refractivity contribution >= 4 is 22.1 Å². The van der Waals surface area contributed by atoms with Crippen LogP contribution in [0.15, 0.2) is 84.0 Å². The van der Waals surface area contributed by atoms with Gasteiger partial charge in [0.05, 0.1) is 34.6 Å². The van der Waals surface area contributed by atoms with Crippen molar-refractivity contribution in [1.29, 1.82) is 0 Å². The van der Waals surface area contributed by atoms with E-state index in [1.807, 2.05) is 54.2 Å². The lowest BCUT2D eigenvalue weighted by molar-refractivity contribution is 0.795. The van der Waals surface area contributed by atoms with Crippen LogP contribution in [-0.4, -0.2) is 28.2 Å². The lowest BCUT2D eigenvalue weighted by atomic mass is 10.1. The van der Waals surface area contributed by atoms with Gasteiger partial charge < -0.3 is 4.57 Å². The molecule has 0 aliphatic rings. The first-order valence-corrected chi connectivity index (χ1v) is 10.7. The molecular weight excluding hydrogens is 412 g/mol. The second-order valence-electron chi connectivity index (χ2n) is 8.30. The van der Waals surface area contributed by atoms with E-state index >= 15 is 0 Å². The first-order chi connectivity index (χ1) is 16.0. The van der Waals surface area contributed by atoms with Crippen LogP contribution in [0.3, 0.4) is 0 Å². The minimum absolute atomic E-state index is 0.0444. The molecule has 3 aromatic heterocycles. The summed E-state index contributed by atoms with van der Waals surface area (Å²) in [6.45, 7) is 0. The summed E-state index contributed by atoms with van der Waals surface area (Å²) in [4.78, 5) is 21.8. The van der Waals surface area contributed by atoms with Gasteiger partial charge in [-0.25, -0.2) is 14.8 Å². The summed E-state index contributed by atoms with van der Waals surface area (Å²) < 4.78 is 7.44. The highest BCUT2D eigenvalue weighted by Gasteiger charge is 2.19. The highest BCUT2D eigenvalue weighted by Crippen LogP contribution is 2.32. The Morgan fingerprint density at radius 3 is 2.27 bits per heavy atom. The van der Waals surface area contributed by atoms with E-state index in [4.69, 9.17) is 4.98 Å². The number of rotatable bonds is 3. The molecule has 0 bridgehead atoms. The van der Waals surface area contributed by atoms with Gasteiger partial charge >= 0.3 is 5.69 Å². The molecule has 0 radical (unpaired) electrons. The number of aryl methyl sites for hydroxylation is 3. The number of hydrogen-bond acceptors (Lipinski definition) is 3. The van der Waals surface area contributed by atoms with E-state index in [0.717, 1.165) is 50.4 Å². The van der Waals surface area contributed by atoms with Crippen molar-refractivity contribution in [1.82, 2.24) is 28.2 Å². The average molecular weight is 435 g/mol. The monoisotopic (exact) mass is 434 g/mol. The van der Waals surface area contributed by atoms with E-state index in [0.29, 0.717) is 0 Å². The predicted octanol–water partition coefficient (Wildman–Crippen LogP) is 4.28. The zero-order valence-electron chi connectivity index (χ0n) is 18.6. The Morgan fingerprint density at radius 1 is 0.758 bits per heavy atom. The summed E-state index contributed by atoms with van der Waals surface area (Å²) in [7, 11) is 5.56. The van der Waals surface area contributed by atoms with Crippen LogP contribution in [0.25, 0.3) is 50.4 Å². The van der Waals surface area contributed by atoms with E-state index < -0.39 is 0 Å². The van der Waals surface area contributed by atoms with Crippen molar-refractivity contribution in [3.63, 3.8) is 0 Å². The molecule has 3 aromatic carbocycles. The van der Waals surface area contributed by atoms with Crippen LogP contribution >= 0.6 is 0 Å². The van der Waals surface area contributed by atoms with Crippen LogP contribution < -0.4 is 5.69 Å². The molecule has 0 fully saturated rings. The Labute approximate surface area is 189 Å². The molecule has 7 heteroatoms. The lowest BCUT2D eigenvalue weighted by Crippen LogP contribution is -2.19. The van der Waals surface area contributed by atoms with E-state index in [9.17, 15) is 4.79 Å². The number of nitrogens with zero attached hydrogens (tertiary/aromatic N) is 6. The minimum atomic E-state index is -0.0444. The summed E-state index contributed by atoms with van der Waals surface area (Å²) in [6.07, 6.45) is 3.60. The molecule has 0 N–H and O–H groups in total. The SMILES string of the molecule is Cn1cncc1-c1nc2cc(-c3ccccc3)ccc2n1-c1ccc2c(c1)n(C)c(=O)n2C. The van der Waals surface area contributed by atoms with Gasteiger partial charge in [-0.2, -0.15) is 0 Å². The van der Waals surface area contributed by atoms with Gasteiger partial charge in [0.25, 0.3) is 0 Å². The van der Waals surface area contributed by atoms with Crippen molar-refractivity contribution in [2.75, 3.05) is 0 Å². The molecule has 0 saturated heterocycles. The standard InChI is InChI=1S/C26H22N6O/c1-29-16-27-15-24(29)25-28-20-13-18(17-7-5-4-6-8-17)9-11-21(20)32(25)19-10-12-22-23(14-19)31(3)26(33)30(22)2/h4-16H,1-3H3. The van der Waals surface area contributed by atoms with Gasteiger partial charge in [-0.05, 0) is 41.5 Å². The maximum atomic E-state index is 12.5. The van der Waals surface area contributed by atoms with Crippen molar-refractivity contribution in [3.05, 3.63) is 89.7 Å². The van der Waals surface area contributed by atoms with Crippen LogP contribution in [0, 0.1) is 0 Å². The van der Waals surface area contributed by atoms with Crippen LogP contribution in [0.5, 0.6) is 0 Å². The third-order valence-electron chi connectivity index (χ3n) is 6.32. The average Bonchev–Trinajstić information content (AvgIpc) is 3.50. The maximum absolute atomic E-state index is 12.5. The summed E-state index contributed by atoms with van der Waals surface area (Å²) in [5, 5.41) is 0. The topological polar surface area (TPSA) is 62.6 Å². The summed E-state index contributed by atoms with van der Waals surface area (Å²) in [5.74, 6) is 0.801. The molecule has 0 aliphatic carbocycles. The third-order valence-corrected chi connectivity index (χ3v) is 6.32. The molecule has 0 amide bonds. The highest BCUT2D eigenvalue weighted by molar-refractivity contribution is 5.88. The fourth-order valence-electron chi connectivity index (χ4n) is 4.53. The number of aromatic nitrogens is 6. The van der Waals surface area contributed by atoms with Gasteiger partial charge in [-0.15, -0.1) is 0 Å². The molecule has 7 nitrogen and oxygen atoms in total. The lowest BCUT2D eigenvalue weighted by Gasteiger charge is -2.11. The molecule has 0 unspecified atom stereocenters. The second kappa shape index (κ2) is 7.06. The van der Waals surface area contributed by atoms with Gasteiger partial charge in [0.1, 0.15) is 5.69 Å². The molecular formula is C26H22N6O. The van der Waals surface area contributed by atoms with E-state index in [1.54, 1.807) is 29.6 Å². The first kappa shape index (κ1) is 19.3. The molecule has 3 heterocycles. The highest BCUT2D eigenvalue weighted by atomic mass is 16.1. The van der Waals surface area contributed by atoms with E-state index in [2.05, 4.69) is 39.9 Å². The summed E-state index contributed by atoms with van der Waals surface area (Å²) >= 11 is 0. The van der Waals surface area contributed by atoms with Crippen LogP contribution in [0.1, 0.15) is 0 Å². The molecule has 33 heavy (non-hydrogen) atoms. The molecule has 0 atom stereocenters. The zero-order chi connectivity index (χ0) is 22.7. The van der Waals surface area contributed by atoms with Crippen LogP contribution in [-0.2, 0) is 21.1 Å². The molecule has 0 spiro atoms. The molecule has 0 aliphatic heterocycles. The first-order valence-electron chi connectivity index (χ1n) is 10.7. The normalized spacial score (nSPS) is 11.6. The molecule has 6 aromatic rings. The molecule has 0 saturated carbocycles. The number of benzene rings is 3. The Balaban J connectivity index is 1.65. The Kier molecular flexibility index (Phi) is 4.13. The fourth-order valence-corrected chi connectivity index (χ4v) is 4.53. The number of hydrogen-bond donors (Lipinski definition) is 0. The van der Waals surface area contributed by atoms with Gasteiger partial charge in [-0.1, -0.05) is 36.4 Å². The summed E-state index contributed by atoms with van der Waals surface area (Å²) in [5.41, 5.74) is 7.73. The van der Waals surface area contributed by atoms with Crippen molar-refractivity contribution in [2.45, 2.75) is 0 Å². The van der Waals surface area contributed by atoms with E-state index in [-0.39, 0.29) is 5.69 Å². The van der Waals surface area contributed by atoms with Gasteiger partial charge in [-0.3, -0.25) is 13.7 Å². The van der Waals surface area contributed by atoms with Crippen LogP contribution in [0.4, 0.5) is 0 Å². The number of imidazole rings is 3. The largest absolute Gasteiger partial charge is 0.331 e. The Morgan fingerprint density at radius 2 is 1.52 bits per heavy atom. The molecule has 162 valence electrons. The van der Waals surface area contributed by atoms with Crippen molar-refractivity contribution in [3.8, 4) is 28.3 Å². The minimum Gasteiger partial charge on any atom is -0.331 e. The quantitative estimate of drug-likeness (QED) is 0.418. The number of fused-ring (bicyclic) bond motifs is 2. The Bertz CT molecular complexity index is 1720. The van der Waals surface area contributed by atoms with Crippen molar-refractivity contribution < 1.29 is 0 Å². The maximum Gasteiger partial charge on any atom is 0.328 e. The van der Waals surface area contributed by atoms with Crippen LogP contribution in [0.2, 0.25) is 0 Å². The predicted molar refractivity (Wildman–Crippen MR) is 130 cm³/mol. The van der Waals surface area contributed by atoms with Gasteiger partial charge in [0.2, 0.25) is 0 Å². The zero-order valence-corrected chi connectivity index (χ0v) is 18.6. The van der Waals surface area contributed by atoms with E-state index in [1.165, 1.54) is 0 Å². The molecule has 6 rings (SSSR count). The summed E-state index contributed by atoms with van der Waals surface area (Å²) in [6, 6.07) is 22.7. The smallest absolute Gasteiger partial charge is 0.328 e. The van der Waals surface area contributed by atoms with Gasteiger partial charge in [0.15, 0.2) is 5.82 Å². The second-order valence-corrected chi connectivity index (χ2v) is 8.30. The van der Waals surface area contributed by atoms with Gasteiger partial charge in [0, 0.05) is 26.8 Å².